The average molecular weight is 337 g/mol. The molecule has 2 aromatic carbocycles. The molecule has 5 nitrogen and oxygen atoms in total. The van der Waals surface area contributed by atoms with Gasteiger partial charge in [0.1, 0.15) is 0 Å². The molecular formula is C20H19NO4. The monoisotopic (exact) mass is 337 g/mol. The van der Waals surface area contributed by atoms with Crippen molar-refractivity contribution in [3.05, 3.63) is 70.8 Å². The van der Waals surface area contributed by atoms with Crippen LogP contribution in [-0.4, -0.2) is 29.4 Å². The number of amides is 2. The van der Waals surface area contributed by atoms with Crippen LogP contribution in [-0.2, 0) is 10.2 Å². The molecular weight excluding hydrogens is 318 g/mol. The van der Waals surface area contributed by atoms with Gasteiger partial charge in [0, 0.05) is 0 Å². The van der Waals surface area contributed by atoms with Crippen molar-refractivity contribution in [3.8, 4) is 0 Å². The summed E-state index contributed by atoms with van der Waals surface area (Å²) in [6.45, 7) is 5.86. The van der Waals surface area contributed by atoms with Crippen LogP contribution in [0.1, 0.15) is 57.4 Å². The van der Waals surface area contributed by atoms with E-state index in [1.807, 2.05) is 12.1 Å². The van der Waals surface area contributed by atoms with E-state index in [0.29, 0.717) is 16.7 Å². The van der Waals surface area contributed by atoms with Gasteiger partial charge in [-0.05, 0) is 35.2 Å². The van der Waals surface area contributed by atoms with Crippen molar-refractivity contribution in [1.82, 2.24) is 4.90 Å². The molecule has 2 amide bonds. The fourth-order valence-electron chi connectivity index (χ4n) is 2.67. The SMILES string of the molecule is CC(C)(C)c1ccc(C(=O)OCN2C(=O)c3ccccc3C2=O)cc1. The lowest BCUT2D eigenvalue weighted by atomic mass is 9.87. The molecule has 0 spiro atoms. The molecule has 128 valence electrons. The first kappa shape index (κ1) is 16.9. The van der Waals surface area contributed by atoms with E-state index in [-0.39, 0.29) is 5.41 Å². The second-order valence-electron chi connectivity index (χ2n) is 6.97. The number of nitrogens with zero attached hydrogens (tertiary/aromatic N) is 1. The molecule has 25 heavy (non-hydrogen) atoms. The molecule has 0 aromatic heterocycles. The zero-order chi connectivity index (χ0) is 18.2. The molecule has 1 heterocycles. The van der Waals surface area contributed by atoms with Crippen molar-refractivity contribution in [2.24, 2.45) is 0 Å². The smallest absolute Gasteiger partial charge is 0.339 e. The summed E-state index contributed by atoms with van der Waals surface area (Å²) in [5.74, 6) is -1.47. The Morgan fingerprint density at radius 1 is 0.920 bits per heavy atom. The number of hydrogen-bond donors (Lipinski definition) is 0. The molecule has 0 bridgehead atoms. The highest BCUT2D eigenvalue weighted by Crippen LogP contribution is 2.24. The lowest BCUT2D eigenvalue weighted by Gasteiger charge is -2.19. The zero-order valence-electron chi connectivity index (χ0n) is 14.4. The van der Waals surface area contributed by atoms with Crippen LogP contribution in [0.15, 0.2) is 48.5 Å². The van der Waals surface area contributed by atoms with E-state index >= 15 is 0 Å². The van der Waals surface area contributed by atoms with Crippen molar-refractivity contribution in [2.75, 3.05) is 6.73 Å². The molecule has 0 saturated heterocycles. The van der Waals surface area contributed by atoms with E-state index in [2.05, 4.69) is 20.8 Å². The summed E-state index contributed by atoms with van der Waals surface area (Å²) in [6.07, 6.45) is 0. The van der Waals surface area contributed by atoms with Crippen LogP contribution < -0.4 is 0 Å². The summed E-state index contributed by atoms with van der Waals surface area (Å²) in [4.78, 5) is 37.6. The maximum atomic E-state index is 12.2. The Morgan fingerprint density at radius 3 is 1.92 bits per heavy atom. The second kappa shape index (κ2) is 6.16. The van der Waals surface area contributed by atoms with Gasteiger partial charge in [0.05, 0.1) is 16.7 Å². The van der Waals surface area contributed by atoms with Crippen molar-refractivity contribution >= 4 is 17.8 Å². The average Bonchev–Trinajstić information content (AvgIpc) is 2.83. The first-order valence-electron chi connectivity index (χ1n) is 8.02. The third-order valence-electron chi connectivity index (χ3n) is 4.19. The number of benzene rings is 2. The minimum Gasteiger partial charge on any atom is -0.440 e. The molecule has 3 rings (SSSR count). The number of carbonyl (C=O) groups excluding carboxylic acids is 3. The van der Waals surface area contributed by atoms with E-state index in [1.54, 1.807) is 36.4 Å². The van der Waals surface area contributed by atoms with Crippen LogP contribution in [0.5, 0.6) is 0 Å². The van der Waals surface area contributed by atoms with Crippen LogP contribution >= 0.6 is 0 Å². The molecule has 0 radical (unpaired) electrons. The molecule has 1 aliphatic heterocycles. The molecule has 0 saturated carbocycles. The van der Waals surface area contributed by atoms with Crippen LogP contribution in [0.2, 0.25) is 0 Å². The number of carbonyl (C=O) groups is 3. The summed E-state index contributed by atoms with van der Waals surface area (Å²) < 4.78 is 5.15. The number of esters is 1. The van der Waals surface area contributed by atoms with Gasteiger partial charge in [-0.25, -0.2) is 9.69 Å². The summed E-state index contributed by atoms with van der Waals surface area (Å²) in [5, 5.41) is 0. The third-order valence-corrected chi connectivity index (χ3v) is 4.19. The van der Waals surface area contributed by atoms with E-state index in [4.69, 9.17) is 4.74 Å². The fraction of sp³-hybridized carbons (Fsp3) is 0.250. The van der Waals surface area contributed by atoms with Gasteiger partial charge in [-0.3, -0.25) is 9.59 Å². The second-order valence-corrected chi connectivity index (χ2v) is 6.97. The van der Waals surface area contributed by atoms with Crippen LogP contribution in [0.25, 0.3) is 0 Å². The number of fused-ring (bicyclic) bond motifs is 1. The first-order chi connectivity index (χ1) is 11.8. The molecule has 1 aliphatic rings. The minimum absolute atomic E-state index is 0.0113. The van der Waals surface area contributed by atoms with Crippen LogP contribution in [0.3, 0.4) is 0 Å². The number of rotatable bonds is 3. The Kier molecular flexibility index (Phi) is 4.17. The Hall–Kier alpha value is -2.95. The molecule has 0 fully saturated rings. The highest BCUT2D eigenvalue weighted by atomic mass is 16.5. The predicted molar refractivity (Wildman–Crippen MR) is 92.4 cm³/mol. The molecule has 2 aromatic rings. The Morgan fingerprint density at radius 2 is 1.44 bits per heavy atom. The van der Waals surface area contributed by atoms with Gasteiger partial charge >= 0.3 is 5.97 Å². The van der Waals surface area contributed by atoms with E-state index in [1.165, 1.54) is 0 Å². The quantitative estimate of drug-likeness (QED) is 0.636. The van der Waals surface area contributed by atoms with E-state index in [0.717, 1.165) is 10.5 Å². The number of hydrogen-bond acceptors (Lipinski definition) is 4. The highest BCUT2D eigenvalue weighted by molar-refractivity contribution is 6.21. The largest absolute Gasteiger partial charge is 0.440 e. The van der Waals surface area contributed by atoms with Crippen LogP contribution in [0, 0.1) is 0 Å². The Bertz CT molecular complexity index is 812. The van der Waals surface area contributed by atoms with Gasteiger partial charge in [-0.2, -0.15) is 0 Å². The Balaban J connectivity index is 1.67. The number of ether oxygens (including phenoxy) is 1. The van der Waals surface area contributed by atoms with E-state index < -0.39 is 24.5 Å². The van der Waals surface area contributed by atoms with Crippen LogP contribution in [0.4, 0.5) is 0 Å². The lowest BCUT2D eigenvalue weighted by molar-refractivity contribution is 0.0228. The van der Waals surface area contributed by atoms with Crippen molar-refractivity contribution in [1.29, 1.82) is 0 Å². The van der Waals surface area contributed by atoms with Gasteiger partial charge in [-0.15, -0.1) is 0 Å². The predicted octanol–water partition coefficient (Wildman–Crippen LogP) is 3.39. The van der Waals surface area contributed by atoms with Crippen molar-refractivity contribution < 1.29 is 19.1 Å². The topological polar surface area (TPSA) is 63.7 Å². The zero-order valence-corrected chi connectivity index (χ0v) is 14.4. The molecule has 5 heteroatoms. The van der Waals surface area contributed by atoms with E-state index in [9.17, 15) is 14.4 Å². The summed E-state index contributed by atoms with van der Waals surface area (Å²) in [7, 11) is 0. The molecule has 0 atom stereocenters. The molecule has 0 unspecified atom stereocenters. The van der Waals surface area contributed by atoms with Gasteiger partial charge in [0.15, 0.2) is 6.73 Å². The minimum atomic E-state index is -0.572. The normalized spacial score (nSPS) is 13.8. The van der Waals surface area contributed by atoms with Crippen molar-refractivity contribution in [2.45, 2.75) is 26.2 Å². The molecule has 0 N–H and O–H groups in total. The first-order valence-corrected chi connectivity index (χ1v) is 8.02. The Labute approximate surface area is 146 Å². The fourth-order valence-corrected chi connectivity index (χ4v) is 2.67. The van der Waals surface area contributed by atoms with Crippen molar-refractivity contribution in [3.63, 3.8) is 0 Å². The number of imide groups is 1. The standard InChI is InChI=1S/C20H19NO4/c1-20(2,3)14-10-8-13(9-11-14)19(24)25-12-21-17(22)15-6-4-5-7-16(15)18(21)23/h4-11H,12H2,1-3H3. The van der Waals surface area contributed by atoms with Gasteiger partial charge in [0.25, 0.3) is 11.8 Å². The maximum Gasteiger partial charge on any atom is 0.339 e. The van der Waals surface area contributed by atoms with Gasteiger partial charge < -0.3 is 4.74 Å². The molecule has 0 aliphatic carbocycles. The van der Waals surface area contributed by atoms with Gasteiger partial charge in [-0.1, -0.05) is 45.0 Å². The lowest BCUT2D eigenvalue weighted by Crippen LogP contribution is -2.33. The summed E-state index contributed by atoms with van der Waals surface area (Å²) in [6, 6.07) is 13.7. The van der Waals surface area contributed by atoms with Gasteiger partial charge in [0.2, 0.25) is 0 Å². The summed E-state index contributed by atoms with van der Waals surface area (Å²) in [5.41, 5.74) is 2.13. The highest BCUT2D eigenvalue weighted by Gasteiger charge is 2.35. The summed E-state index contributed by atoms with van der Waals surface area (Å²) >= 11 is 0. The third kappa shape index (κ3) is 3.18. The maximum absolute atomic E-state index is 12.2.